The second-order valence-corrected chi connectivity index (χ2v) is 10.1. The molecule has 1 atom stereocenters. The third-order valence-electron chi connectivity index (χ3n) is 4.73. The lowest BCUT2D eigenvalue weighted by atomic mass is 10.1. The second kappa shape index (κ2) is 8.36. The van der Waals surface area contributed by atoms with Gasteiger partial charge >= 0.3 is 0 Å². The first-order chi connectivity index (χ1) is 15.5. The number of fused-ring (bicyclic) bond motifs is 2. The van der Waals surface area contributed by atoms with Crippen LogP contribution in [0.1, 0.15) is 11.6 Å². The Morgan fingerprint density at radius 3 is 2.44 bits per heavy atom. The fourth-order valence-corrected chi connectivity index (χ4v) is 6.06. The highest BCUT2D eigenvalue weighted by atomic mass is 32.2. The number of thiazole rings is 1. The number of benzene rings is 3. The molecule has 1 unspecified atom stereocenters. The molecule has 2 heterocycles. The van der Waals surface area contributed by atoms with Gasteiger partial charge < -0.3 is 5.32 Å². The van der Waals surface area contributed by atoms with Gasteiger partial charge in [-0.05, 0) is 29.8 Å². The fraction of sp³-hybridized carbons (Fsp3) is 0.0476. The van der Waals surface area contributed by atoms with E-state index in [9.17, 15) is 13.2 Å². The quantitative estimate of drug-likeness (QED) is 0.379. The van der Waals surface area contributed by atoms with Crippen LogP contribution in [0.4, 0.5) is 5.13 Å². The van der Waals surface area contributed by atoms with Crippen LogP contribution in [-0.2, 0) is 14.8 Å². The van der Waals surface area contributed by atoms with Gasteiger partial charge in [0.15, 0.2) is 5.13 Å². The minimum atomic E-state index is -4.09. The summed E-state index contributed by atoms with van der Waals surface area (Å²) in [6, 6.07) is 19.7. The van der Waals surface area contributed by atoms with Crippen molar-refractivity contribution in [3.8, 4) is 0 Å². The maximum atomic E-state index is 13.3. The van der Waals surface area contributed by atoms with Crippen LogP contribution in [0.3, 0.4) is 0 Å². The van der Waals surface area contributed by atoms with Gasteiger partial charge in [0.25, 0.3) is 0 Å². The van der Waals surface area contributed by atoms with Crippen LogP contribution in [0, 0.1) is 0 Å². The number of aromatic nitrogens is 3. The number of nitrogens with one attached hydrogen (secondary N) is 2. The number of rotatable bonds is 6. The van der Waals surface area contributed by atoms with Gasteiger partial charge in [0, 0.05) is 0 Å². The smallest absolute Gasteiger partial charge is 0.248 e. The molecule has 0 bridgehead atoms. The van der Waals surface area contributed by atoms with Crippen LogP contribution < -0.4 is 10.0 Å². The first-order valence-electron chi connectivity index (χ1n) is 9.46. The van der Waals surface area contributed by atoms with Crippen molar-refractivity contribution in [1.82, 2.24) is 18.5 Å². The molecule has 3 aromatic carbocycles. The van der Waals surface area contributed by atoms with Gasteiger partial charge in [0.2, 0.25) is 15.9 Å². The van der Waals surface area contributed by atoms with E-state index in [1.165, 1.54) is 17.4 Å². The van der Waals surface area contributed by atoms with Crippen LogP contribution in [0.25, 0.3) is 21.3 Å². The highest BCUT2D eigenvalue weighted by Crippen LogP contribution is 2.28. The van der Waals surface area contributed by atoms with E-state index in [2.05, 4.69) is 23.8 Å². The van der Waals surface area contributed by atoms with Crippen molar-refractivity contribution < 1.29 is 13.2 Å². The molecule has 32 heavy (non-hydrogen) atoms. The molecule has 0 aliphatic rings. The summed E-state index contributed by atoms with van der Waals surface area (Å²) in [5.74, 6) is -0.539. The Labute approximate surface area is 191 Å². The molecule has 0 saturated heterocycles. The largest absolute Gasteiger partial charge is 0.300 e. The van der Waals surface area contributed by atoms with Crippen molar-refractivity contribution in [1.29, 1.82) is 0 Å². The molecule has 0 spiro atoms. The number of hydrogen-bond donors (Lipinski definition) is 2. The van der Waals surface area contributed by atoms with Crippen molar-refractivity contribution >= 4 is 65.4 Å². The Hall–Kier alpha value is -3.25. The molecule has 0 radical (unpaired) electrons. The van der Waals surface area contributed by atoms with E-state index in [4.69, 9.17) is 0 Å². The lowest BCUT2D eigenvalue weighted by Crippen LogP contribution is -2.37. The molecular formula is C21H15N5O3S3. The van der Waals surface area contributed by atoms with Gasteiger partial charge in [-0.15, -0.1) is 0 Å². The zero-order valence-electron chi connectivity index (χ0n) is 16.3. The Kier molecular flexibility index (Phi) is 5.39. The minimum Gasteiger partial charge on any atom is -0.300 e. The maximum Gasteiger partial charge on any atom is 0.248 e. The molecule has 1 amide bonds. The summed E-state index contributed by atoms with van der Waals surface area (Å²) in [7, 11) is -4.09. The van der Waals surface area contributed by atoms with Gasteiger partial charge in [-0.1, -0.05) is 59.9 Å². The lowest BCUT2D eigenvalue weighted by Gasteiger charge is -2.18. The minimum absolute atomic E-state index is 0.0301. The van der Waals surface area contributed by atoms with E-state index < -0.39 is 22.0 Å². The third kappa shape index (κ3) is 3.98. The number of carbonyl (C=O) groups is 1. The number of nitrogens with zero attached hydrogens (tertiary/aromatic N) is 3. The van der Waals surface area contributed by atoms with Gasteiger partial charge in [0.05, 0.1) is 21.9 Å². The van der Waals surface area contributed by atoms with Crippen molar-refractivity contribution in [3.63, 3.8) is 0 Å². The van der Waals surface area contributed by atoms with Crippen LogP contribution in [0.2, 0.25) is 0 Å². The average molecular weight is 482 g/mol. The molecule has 0 saturated carbocycles. The molecular weight excluding hydrogens is 466 g/mol. The normalized spacial score (nSPS) is 12.8. The van der Waals surface area contributed by atoms with Crippen LogP contribution >= 0.6 is 23.1 Å². The zero-order valence-corrected chi connectivity index (χ0v) is 18.7. The summed E-state index contributed by atoms with van der Waals surface area (Å²) < 4.78 is 38.2. The van der Waals surface area contributed by atoms with Gasteiger partial charge in [-0.2, -0.15) is 13.5 Å². The van der Waals surface area contributed by atoms with Gasteiger partial charge in [-0.3, -0.25) is 4.79 Å². The van der Waals surface area contributed by atoms with E-state index in [0.717, 1.165) is 21.9 Å². The number of para-hydroxylation sites is 1. The van der Waals surface area contributed by atoms with Crippen LogP contribution in [0.15, 0.2) is 77.7 Å². The first kappa shape index (κ1) is 20.6. The zero-order chi connectivity index (χ0) is 22.1. The number of carbonyl (C=O) groups excluding carboxylic acids is 1. The average Bonchev–Trinajstić information content (AvgIpc) is 3.44. The molecule has 11 heteroatoms. The van der Waals surface area contributed by atoms with E-state index in [0.29, 0.717) is 16.2 Å². The van der Waals surface area contributed by atoms with Gasteiger partial charge in [0.1, 0.15) is 22.0 Å². The van der Waals surface area contributed by atoms with E-state index in [1.807, 2.05) is 24.3 Å². The summed E-state index contributed by atoms with van der Waals surface area (Å²) in [4.78, 5) is 17.6. The maximum absolute atomic E-state index is 13.3. The Bertz CT molecular complexity index is 1500. The molecule has 5 aromatic rings. The number of amides is 1. The summed E-state index contributed by atoms with van der Waals surface area (Å²) in [5.41, 5.74) is 2.00. The highest BCUT2D eigenvalue weighted by molar-refractivity contribution is 7.89. The van der Waals surface area contributed by atoms with Crippen molar-refractivity contribution in [2.45, 2.75) is 10.9 Å². The molecule has 0 aliphatic heterocycles. The number of anilines is 1. The molecule has 160 valence electrons. The van der Waals surface area contributed by atoms with Crippen molar-refractivity contribution in [2.24, 2.45) is 0 Å². The Morgan fingerprint density at radius 1 is 0.875 bits per heavy atom. The summed E-state index contributed by atoms with van der Waals surface area (Å²) in [5, 5.41) is 3.14. The summed E-state index contributed by atoms with van der Waals surface area (Å²) >= 11 is 2.25. The molecule has 0 fully saturated rings. The standard InChI is InChI=1S/C21H15N5O3S3/c27-20(23-21-22-14-9-4-5-11-16(14)30-21)18(13-7-2-1-3-8-13)26-32(28,29)17-12-6-10-15-19(17)25-31-24-15/h1-12,18,26H,(H,22,23,27). The molecule has 2 aromatic heterocycles. The van der Waals surface area contributed by atoms with Crippen LogP contribution in [-0.4, -0.2) is 28.1 Å². The Balaban J connectivity index is 1.49. The predicted molar refractivity (Wildman–Crippen MR) is 125 cm³/mol. The van der Waals surface area contributed by atoms with Crippen molar-refractivity contribution in [2.75, 3.05) is 5.32 Å². The monoisotopic (exact) mass is 481 g/mol. The third-order valence-corrected chi connectivity index (χ3v) is 7.68. The number of hydrogen-bond acceptors (Lipinski definition) is 8. The predicted octanol–water partition coefficient (Wildman–Crippen LogP) is 3.96. The molecule has 2 N–H and O–H groups in total. The van der Waals surface area contributed by atoms with Crippen LogP contribution in [0.5, 0.6) is 0 Å². The number of sulfonamides is 1. The fourth-order valence-electron chi connectivity index (χ4n) is 3.24. The summed E-state index contributed by atoms with van der Waals surface area (Å²) in [6.45, 7) is 0. The highest BCUT2D eigenvalue weighted by Gasteiger charge is 2.29. The van der Waals surface area contributed by atoms with Crippen molar-refractivity contribution in [3.05, 3.63) is 78.4 Å². The topological polar surface area (TPSA) is 114 Å². The van der Waals surface area contributed by atoms with E-state index >= 15 is 0 Å². The second-order valence-electron chi connectivity index (χ2n) is 6.83. The van der Waals surface area contributed by atoms with Gasteiger partial charge in [-0.25, -0.2) is 13.4 Å². The summed E-state index contributed by atoms with van der Waals surface area (Å²) in [6.07, 6.45) is 0. The first-order valence-corrected chi connectivity index (χ1v) is 12.5. The molecule has 8 nitrogen and oxygen atoms in total. The SMILES string of the molecule is O=C(Nc1nc2ccccc2s1)C(NS(=O)(=O)c1cccc2nsnc12)c1ccccc1. The van der Waals surface area contributed by atoms with E-state index in [-0.39, 0.29) is 10.4 Å². The molecule has 0 aliphatic carbocycles. The van der Waals surface area contributed by atoms with E-state index in [1.54, 1.807) is 42.5 Å². The lowest BCUT2D eigenvalue weighted by molar-refractivity contribution is -0.117. The Morgan fingerprint density at radius 2 is 1.62 bits per heavy atom. The molecule has 5 rings (SSSR count).